The van der Waals surface area contributed by atoms with E-state index < -0.39 is 0 Å². The molecule has 0 aliphatic carbocycles. The number of hydrogen-bond donors (Lipinski definition) is 1. The van der Waals surface area contributed by atoms with E-state index in [0.29, 0.717) is 0 Å². The molecule has 0 bridgehead atoms. The summed E-state index contributed by atoms with van der Waals surface area (Å²) < 4.78 is 0. The Kier molecular flexibility index (Phi) is 6.03. The van der Waals surface area contributed by atoms with E-state index in [2.05, 4.69) is 24.1 Å². The van der Waals surface area contributed by atoms with Crippen molar-refractivity contribution in [2.75, 3.05) is 17.7 Å². The first-order chi connectivity index (χ1) is 7.24. The number of thiazole rings is 1. The molecule has 86 valence electrons. The van der Waals surface area contributed by atoms with Crippen LogP contribution in [0.5, 0.6) is 0 Å². The summed E-state index contributed by atoms with van der Waals surface area (Å²) in [6.45, 7) is 5.19. The maximum absolute atomic E-state index is 5.61. The number of aromatic nitrogens is 1. The van der Waals surface area contributed by atoms with E-state index in [0.717, 1.165) is 29.7 Å². The number of anilines is 1. The van der Waals surface area contributed by atoms with Crippen molar-refractivity contribution in [1.82, 2.24) is 4.98 Å². The maximum Gasteiger partial charge on any atom is 0.183 e. The van der Waals surface area contributed by atoms with Gasteiger partial charge in [-0.3, -0.25) is 0 Å². The summed E-state index contributed by atoms with van der Waals surface area (Å²) in [7, 11) is 0. The Bertz CT molecular complexity index is 267. The van der Waals surface area contributed by atoms with Gasteiger partial charge in [0.1, 0.15) is 0 Å². The average molecular weight is 247 g/mol. The molecule has 15 heavy (non-hydrogen) atoms. The number of hydrogen-bond acceptors (Lipinski definition) is 3. The standard InChI is InChI=1S/C11H19ClN2S/c1-9-10(2)15-11(14-9)13-8-6-4-3-5-7-12/h3-8H2,1-2H3,(H,13,14). The largest absolute Gasteiger partial charge is 0.362 e. The van der Waals surface area contributed by atoms with Crippen LogP contribution >= 0.6 is 22.9 Å². The summed E-state index contributed by atoms with van der Waals surface area (Å²) in [5, 5.41) is 4.42. The first kappa shape index (κ1) is 12.8. The lowest BCUT2D eigenvalue weighted by Gasteiger charge is -2.01. The SMILES string of the molecule is Cc1nc(NCCCCCCCl)sc1C. The molecule has 1 aromatic heterocycles. The molecule has 0 unspecified atom stereocenters. The first-order valence-electron chi connectivity index (χ1n) is 5.48. The smallest absolute Gasteiger partial charge is 0.183 e. The van der Waals surface area contributed by atoms with Gasteiger partial charge in [-0.05, 0) is 26.7 Å². The molecule has 0 aromatic carbocycles. The van der Waals surface area contributed by atoms with Crippen molar-refractivity contribution in [3.05, 3.63) is 10.6 Å². The molecule has 1 heterocycles. The molecule has 0 saturated carbocycles. The molecule has 0 fully saturated rings. The highest BCUT2D eigenvalue weighted by Crippen LogP contribution is 2.20. The maximum atomic E-state index is 5.61. The Morgan fingerprint density at radius 2 is 1.93 bits per heavy atom. The first-order valence-corrected chi connectivity index (χ1v) is 6.83. The van der Waals surface area contributed by atoms with E-state index in [1.807, 2.05) is 0 Å². The summed E-state index contributed by atoms with van der Waals surface area (Å²) in [5.41, 5.74) is 1.14. The van der Waals surface area contributed by atoms with Crippen LogP contribution in [0.4, 0.5) is 5.13 Å². The van der Waals surface area contributed by atoms with Gasteiger partial charge in [-0.25, -0.2) is 4.98 Å². The van der Waals surface area contributed by atoms with E-state index in [4.69, 9.17) is 11.6 Å². The van der Waals surface area contributed by atoms with Gasteiger partial charge in [-0.15, -0.1) is 22.9 Å². The second kappa shape index (κ2) is 7.07. The predicted octanol–water partition coefficient (Wildman–Crippen LogP) is 3.97. The second-order valence-electron chi connectivity index (χ2n) is 3.69. The lowest BCUT2D eigenvalue weighted by Crippen LogP contribution is -2.00. The van der Waals surface area contributed by atoms with E-state index in [1.165, 1.54) is 24.1 Å². The molecular formula is C11H19ClN2S. The Hall–Kier alpha value is -0.280. The van der Waals surface area contributed by atoms with Gasteiger partial charge in [0.05, 0.1) is 5.69 Å². The van der Waals surface area contributed by atoms with Gasteiger partial charge in [0, 0.05) is 17.3 Å². The van der Waals surface area contributed by atoms with Crippen LogP contribution in [0.3, 0.4) is 0 Å². The molecule has 1 rings (SSSR count). The van der Waals surface area contributed by atoms with Crippen molar-refractivity contribution >= 4 is 28.1 Å². The van der Waals surface area contributed by atoms with Gasteiger partial charge in [0.15, 0.2) is 5.13 Å². The molecule has 0 atom stereocenters. The fourth-order valence-corrected chi connectivity index (χ4v) is 2.35. The number of rotatable bonds is 7. The van der Waals surface area contributed by atoms with Gasteiger partial charge in [0.25, 0.3) is 0 Å². The molecular weight excluding hydrogens is 228 g/mol. The van der Waals surface area contributed by atoms with Crippen molar-refractivity contribution in [3.8, 4) is 0 Å². The zero-order chi connectivity index (χ0) is 11.1. The summed E-state index contributed by atoms with van der Waals surface area (Å²) in [6.07, 6.45) is 4.83. The van der Waals surface area contributed by atoms with Gasteiger partial charge < -0.3 is 5.32 Å². The fourth-order valence-electron chi connectivity index (χ4n) is 1.32. The number of nitrogens with zero attached hydrogens (tertiary/aromatic N) is 1. The van der Waals surface area contributed by atoms with E-state index in [-0.39, 0.29) is 0 Å². The van der Waals surface area contributed by atoms with E-state index in [1.54, 1.807) is 11.3 Å². The normalized spacial score (nSPS) is 10.6. The van der Waals surface area contributed by atoms with Crippen molar-refractivity contribution < 1.29 is 0 Å². The van der Waals surface area contributed by atoms with Crippen LogP contribution in [0, 0.1) is 13.8 Å². The third-order valence-electron chi connectivity index (χ3n) is 2.37. The average Bonchev–Trinajstić information content (AvgIpc) is 2.52. The van der Waals surface area contributed by atoms with Crippen molar-refractivity contribution in [3.63, 3.8) is 0 Å². The summed E-state index contributed by atoms with van der Waals surface area (Å²) in [4.78, 5) is 5.74. The van der Waals surface area contributed by atoms with Crippen molar-refractivity contribution in [2.24, 2.45) is 0 Å². The van der Waals surface area contributed by atoms with Gasteiger partial charge in [0.2, 0.25) is 0 Å². The third-order valence-corrected chi connectivity index (χ3v) is 3.66. The quantitative estimate of drug-likeness (QED) is 0.582. The monoisotopic (exact) mass is 246 g/mol. The van der Waals surface area contributed by atoms with E-state index in [9.17, 15) is 0 Å². The molecule has 0 aliphatic rings. The van der Waals surface area contributed by atoms with Crippen LogP contribution in [-0.2, 0) is 0 Å². The highest BCUT2D eigenvalue weighted by atomic mass is 35.5. The fraction of sp³-hybridized carbons (Fsp3) is 0.727. The minimum atomic E-state index is 0.790. The zero-order valence-corrected chi connectivity index (χ0v) is 11.0. The third kappa shape index (κ3) is 4.85. The predicted molar refractivity (Wildman–Crippen MR) is 69.3 cm³/mol. The number of aryl methyl sites for hydroxylation is 2. The number of unbranched alkanes of at least 4 members (excludes halogenated alkanes) is 3. The number of nitrogens with one attached hydrogen (secondary N) is 1. The highest BCUT2D eigenvalue weighted by molar-refractivity contribution is 7.15. The van der Waals surface area contributed by atoms with Crippen LogP contribution in [-0.4, -0.2) is 17.4 Å². The minimum Gasteiger partial charge on any atom is -0.362 e. The molecule has 0 saturated heterocycles. The van der Waals surface area contributed by atoms with E-state index >= 15 is 0 Å². The molecule has 0 amide bonds. The van der Waals surface area contributed by atoms with Crippen LogP contribution in [0.15, 0.2) is 0 Å². The Balaban J connectivity index is 2.10. The van der Waals surface area contributed by atoms with Crippen LogP contribution in [0.1, 0.15) is 36.3 Å². The second-order valence-corrected chi connectivity index (χ2v) is 5.27. The van der Waals surface area contributed by atoms with Gasteiger partial charge in [-0.2, -0.15) is 0 Å². The highest BCUT2D eigenvalue weighted by Gasteiger charge is 2.01. The summed E-state index contributed by atoms with van der Waals surface area (Å²) in [6, 6.07) is 0. The van der Waals surface area contributed by atoms with Crippen molar-refractivity contribution in [2.45, 2.75) is 39.5 Å². The molecule has 2 nitrogen and oxygen atoms in total. The van der Waals surface area contributed by atoms with Gasteiger partial charge in [-0.1, -0.05) is 12.8 Å². The lowest BCUT2D eigenvalue weighted by atomic mass is 10.2. The van der Waals surface area contributed by atoms with Crippen LogP contribution < -0.4 is 5.32 Å². The molecule has 4 heteroatoms. The lowest BCUT2D eigenvalue weighted by molar-refractivity contribution is 0.687. The topological polar surface area (TPSA) is 24.9 Å². The zero-order valence-electron chi connectivity index (χ0n) is 9.48. The minimum absolute atomic E-state index is 0.790. The number of alkyl halides is 1. The van der Waals surface area contributed by atoms with Crippen LogP contribution in [0.25, 0.3) is 0 Å². The van der Waals surface area contributed by atoms with Crippen LogP contribution in [0.2, 0.25) is 0 Å². The Labute approximate surface area is 101 Å². The van der Waals surface area contributed by atoms with Crippen molar-refractivity contribution in [1.29, 1.82) is 0 Å². The molecule has 1 aromatic rings. The van der Waals surface area contributed by atoms with Gasteiger partial charge >= 0.3 is 0 Å². The molecule has 0 spiro atoms. The summed E-state index contributed by atoms with van der Waals surface area (Å²) in [5.74, 6) is 0.790. The molecule has 0 radical (unpaired) electrons. The number of halogens is 1. The molecule has 0 aliphatic heterocycles. The molecule has 1 N–H and O–H groups in total. The Morgan fingerprint density at radius 1 is 1.20 bits per heavy atom. The summed E-state index contributed by atoms with van der Waals surface area (Å²) >= 11 is 7.35. The Morgan fingerprint density at radius 3 is 2.53 bits per heavy atom.